The molecule has 0 aromatic carbocycles. The second-order valence-corrected chi connectivity index (χ2v) is 4.72. The van der Waals surface area contributed by atoms with Crippen molar-refractivity contribution < 1.29 is 14.3 Å². The number of nitrogens with one attached hydrogen (secondary N) is 1. The summed E-state index contributed by atoms with van der Waals surface area (Å²) in [7, 11) is 1.37. The van der Waals surface area contributed by atoms with E-state index in [0.717, 1.165) is 38.4 Å². The molecule has 0 bridgehead atoms. The summed E-state index contributed by atoms with van der Waals surface area (Å²) < 4.78 is 9.96. The van der Waals surface area contributed by atoms with Gasteiger partial charge in [0.2, 0.25) is 0 Å². The Morgan fingerprint density at radius 2 is 2.47 bits per heavy atom. The summed E-state index contributed by atoms with van der Waals surface area (Å²) in [6, 6.07) is 3.58. The van der Waals surface area contributed by atoms with Crippen molar-refractivity contribution in [2.75, 3.05) is 26.9 Å². The van der Waals surface area contributed by atoms with Crippen molar-refractivity contribution in [1.29, 1.82) is 0 Å². The molecule has 1 N–H and O–H groups in total. The first-order chi connectivity index (χ1) is 9.29. The fourth-order valence-electron chi connectivity index (χ4n) is 2.10. The van der Waals surface area contributed by atoms with Crippen molar-refractivity contribution in [3.63, 3.8) is 0 Å². The van der Waals surface area contributed by atoms with Gasteiger partial charge in [0, 0.05) is 26.0 Å². The Kier molecular flexibility index (Phi) is 5.30. The summed E-state index contributed by atoms with van der Waals surface area (Å²) in [6.45, 7) is 3.48. The van der Waals surface area contributed by atoms with Gasteiger partial charge in [-0.3, -0.25) is 4.98 Å². The number of hydrogen-bond donors (Lipinski definition) is 1. The van der Waals surface area contributed by atoms with Crippen LogP contribution in [0.25, 0.3) is 0 Å². The predicted octanol–water partition coefficient (Wildman–Crippen LogP) is 1.38. The second-order valence-electron chi connectivity index (χ2n) is 4.72. The molecule has 2 heterocycles. The lowest BCUT2D eigenvalue weighted by molar-refractivity contribution is 0.0600. The van der Waals surface area contributed by atoms with E-state index >= 15 is 0 Å². The average Bonchev–Trinajstić information content (AvgIpc) is 2.96. The molecule has 104 valence electrons. The van der Waals surface area contributed by atoms with Crippen molar-refractivity contribution in [2.45, 2.75) is 19.4 Å². The highest BCUT2D eigenvalue weighted by atomic mass is 16.5. The van der Waals surface area contributed by atoms with Crippen LogP contribution in [0.4, 0.5) is 0 Å². The number of pyridine rings is 1. The first-order valence-electron chi connectivity index (χ1n) is 6.61. The molecule has 0 spiro atoms. The summed E-state index contributed by atoms with van der Waals surface area (Å²) in [5.74, 6) is 0.343. The van der Waals surface area contributed by atoms with Gasteiger partial charge in [-0.1, -0.05) is 0 Å². The van der Waals surface area contributed by atoms with Crippen LogP contribution >= 0.6 is 0 Å². The summed E-state index contributed by atoms with van der Waals surface area (Å²) in [5, 5.41) is 3.36. The summed E-state index contributed by atoms with van der Waals surface area (Å²) in [5.41, 5.74) is 1.41. The molecule has 1 aliphatic heterocycles. The fraction of sp³-hybridized carbons (Fsp3) is 0.571. The molecule has 0 saturated carbocycles. The highest BCUT2D eigenvalue weighted by molar-refractivity contribution is 5.88. The first-order valence-corrected chi connectivity index (χ1v) is 6.61. The van der Waals surface area contributed by atoms with Crippen LogP contribution in [-0.4, -0.2) is 37.8 Å². The fourth-order valence-corrected chi connectivity index (χ4v) is 2.10. The van der Waals surface area contributed by atoms with Gasteiger partial charge in [-0.25, -0.2) is 4.79 Å². The van der Waals surface area contributed by atoms with Crippen molar-refractivity contribution in [3.05, 3.63) is 29.6 Å². The van der Waals surface area contributed by atoms with Crippen LogP contribution in [0.1, 0.15) is 28.9 Å². The number of nitrogens with zero attached hydrogens (tertiary/aromatic N) is 1. The Morgan fingerprint density at radius 1 is 1.58 bits per heavy atom. The molecular formula is C14H20N2O3. The third-order valence-corrected chi connectivity index (χ3v) is 3.31. The summed E-state index contributed by atoms with van der Waals surface area (Å²) in [4.78, 5) is 15.5. The minimum atomic E-state index is -0.353. The van der Waals surface area contributed by atoms with Crippen molar-refractivity contribution in [2.24, 2.45) is 5.92 Å². The first kappa shape index (κ1) is 14.0. The number of aromatic nitrogens is 1. The molecule has 1 aromatic rings. The molecular weight excluding hydrogens is 244 g/mol. The lowest BCUT2D eigenvalue weighted by atomic mass is 10.1. The third kappa shape index (κ3) is 4.29. The number of hydrogen-bond acceptors (Lipinski definition) is 5. The topological polar surface area (TPSA) is 60.5 Å². The molecule has 19 heavy (non-hydrogen) atoms. The molecule has 1 fully saturated rings. The van der Waals surface area contributed by atoms with E-state index in [4.69, 9.17) is 4.74 Å². The molecule has 0 aliphatic carbocycles. The van der Waals surface area contributed by atoms with Gasteiger partial charge in [-0.2, -0.15) is 0 Å². The normalized spacial score (nSPS) is 18.5. The standard InChI is InChI=1S/C14H20N2O3/c1-18-14(17)12-2-3-13(16-8-12)9-15-6-4-11-5-7-19-10-11/h2-3,8,11,15H,4-7,9-10H2,1H3. The van der Waals surface area contributed by atoms with Gasteiger partial charge < -0.3 is 14.8 Å². The molecule has 1 atom stereocenters. The molecule has 5 nitrogen and oxygen atoms in total. The Morgan fingerprint density at radius 3 is 3.11 bits per heavy atom. The highest BCUT2D eigenvalue weighted by Crippen LogP contribution is 2.15. The van der Waals surface area contributed by atoms with E-state index in [0.29, 0.717) is 11.5 Å². The monoisotopic (exact) mass is 264 g/mol. The van der Waals surface area contributed by atoms with Crippen molar-refractivity contribution in [3.8, 4) is 0 Å². The van der Waals surface area contributed by atoms with Gasteiger partial charge in [-0.05, 0) is 37.4 Å². The maximum absolute atomic E-state index is 11.2. The minimum Gasteiger partial charge on any atom is -0.465 e. The van der Waals surface area contributed by atoms with Crippen LogP contribution < -0.4 is 5.32 Å². The molecule has 1 saturated heterocycles. The Labute approximate surface area is 113 Å². The van der Waals surface area contributed by atoms with Gasteiger partial charge in [0.05, 0.1) is 18.4 Å². The van der Waals surface area contributed by atoms with Crippen LogP contribution in [0.2, 0.25) is 0 Å². The number of esters is 1. The van der Waals surface area contributed by atoms with E-state index in [1.807, 2.05) is 6.07 Å². The molecule has 2 rings (SSSR count). The van der Waals surface area contributed by atoms with Gasteiger partial charge >= 0.3 is 5.97 Å². The van der Waals surface area contributed by atoms with Crippen LogP contribution in [0.5, 0.6) is 0 Å². The van der Waals surface area contributed by atoms with Crippen LogP contribution in [0.3, 0.4) is 0 Å². The van der Waals surface area contributed by atoms with Crippen molar-refractivity contribution >= 4 is 5.97 Å². The zero-order chi connectivity index (χ0) is 13.5. The minimum absolute atomic E-state index is 0.353. The summed E-state index contributed by atoms with van der Waals surface area (Å²) in [6.07, 6.45) is 3.86. The lowest BCUT2D eigenvalue weighted by Crippen LogP contribution is -2.18. The van der Waals surface area contributed by atoms with Gasteiger partial charge in [0.25, 0.3) is 0 Å². The van der Waals surface area contributed by atoms with E-state index in [-0.39, 0.29) is 5.97 Å². The van der Waals surface area contributed by atoms with Crippen LogP contribution in [0.15, 0.2) is 18.3 Å². The molecule has 5 heteroatoms. The average molecular weight is 264 g/mol. The predicted molar refractivity (Wildman–Crippen MR) is 70.8 cm³/mol. The Hall–Kier alpha value is -1.46. The van der Waals surface area contributed by atoms with E-state index in [1.165, 1.54) is 13.5 Å². The van der Waals surface area contributed by atoms with Gasteiger partial charge in [0.15, 0.2) is 0 Å². The SMILES string of the molecule is COC(=O)c1ccc(CNCCC2CCOC2)nc1. The Balaban J connectivity index is 1.69. The number of carbonyl (C=O) groups is 1. The number of rotatable bonds is 6. The van der Waals surface area contributed by atoms with Crippen LogP contribution in [0, 0.1) is 5.92 Å². The lowest BCUT2D eigenvalue weighted by Gasteiger charge is -2.08. The van der Waals surface area contributed by atoms with E-state index in [1.54, 1.807) is 12.3 Å². The van der Waals surface area contributed by atoms with E-state index in [2.05, 4.69) is 15.0 Å². The molecule has 0 amide bonds. The number of methoxy groups -OCH3 is 1. The molecule has 0 radical (unpaired) electrons. The zero-order valence-electron chi connectivity index (χ0n) is 11.2. The number of carbonyl (C=O) groups excluding carboxylic acids is 1. The highest BCUT2D eigenvalue weighted by Gasteiger charge is 2.14. The quantitative estimate of drug-likeness (QED) is 0.621. The largest absolute Gasteiger partial charge is 0.465 e. The smallest absolute Gasteiger partial charge is 0.339 e. The van der Waals surface area contributed by atoms with E-state index in [9.17, 15) is 4.79 Å². The number of ether oxygens (including phenoxy) is 2. The second kappa shape index (κ2) is 7.21. The third-order valence-electron chi connectivity index (χ3n) is 3.31. The van der Waals surface area contributed by atoms with Crippen LogP contribution in [-0.2, 0) is 16.0 Å². The van der Waals surface area contributed by atoms with E-state index < -0.39 is 0 Å². The zero-order valence-corrected chi connectivity index (χ0v) is 11.2. The molecule has 1 unspecified atom stereocenters. The molecule has 1 aliphatic rings. The maximum atomic E-state index is 11.2. The van der Waals surface area contributed by atoms with Gasteiger partial charge in [0.1, 0.15) is 0 Å². The van der Waals surface area contributed by atoms with Gasteiger partial charge in [-0.15, -0.1) is 0 Å². The Bertz CT molecular complexity index is 400. The summed E-state index contributed by atoms with van der Waals surface area (Å²) >= 11 is 0. The molecule has 1 aromatic heterocycles. The maximum Gasteiger partial charge on any atom is 0.339 e. The van der Waals surface area contributed by atoms with Crippen molar-refractivity contribution in [1.82, 2.24) is 10.3 Å².